The summed E-state index contributed by atoms with van der Waals surface area (Å²) in [5.74, 6) is 1.70. The molecule has 4 aliphatic carbocycles. The molecule has 4 bridgehead atoms. The molecule has 5 N–H and O–H groups in total. The molecule has 2 aliphatic heterocycles. The number of fused-ring (bicyclic) bond motifs is 2. The fourth-order valence-electron chi connectivity index (χ4n) is 15.2. The monoisotopic (exact) mass is 1230 g/mol. The highest BCUT2D eigenvalue weighted by Gasteiger charge is 2.51. The van der Waals surface area contributed by atoms with Gasteiger partial charge in [-0.05, 0) is 160 Å². The minimum absolute atomic E-state index is 0.00101. The van der Waals surface area contributed by atoms with Gasteiger partial charge < -0.3 is 30.9 Å². The number of amides is 5. The maximum absolute atomic E-state index is 14.6. The van der Waals surface area contributed by atoms with E-state index in [4.69, 9.17) is 10.1 Å². The molecule has 19 heteroatoms. The van der Waals surface area contributed by atoms with E-state index in [0.717, 1.165) is 110 Å². The number of hydrogen-bond donors (Lipinski definition) is 5. The normalized spacial score (nSPS) is 21.9. The number of β-amino-alcohol motifs (C(OH)–C–C–N with tert-alkyl or cyclic N) is 1. The zero-order chi connectivity index (χ0) is 61.4. The number of anilines is 2. The molecule has 4 aromatic heterocycles. The molecule has 0 radical (unpaired) electrons. The predicted octanol–water partition coefficient (Wildman–Crippen LogP) is 11.8. The standard InChI is InChI=1S/C69H83N11O6S2/c1-41(47-20-22-49(23-21-47)61-42(2)71-40-87-61)73-64(84)56-32-50(81)37-79(56)66(86)62(68(4,5)6)76-59(82)19-10-8-7-9-13-27-70-65(85)60-51(53-36-72-80(43(53)3)39-69-33-44-29-45(34-69)31-46(30-44)35-69)24-25-58(75-60)78-28-26-48-15-14-16-52(54(48)38-78)63(83)77-67-74-55-17-11-12-18-57(55)88-67/h11-12,14-18,20-25,36,40-41,44-46,50,56,62,81H,7-10,13,19,26-35,37-39H2,1-6H3,(H,70,85)(H,73,84)(H,76,82)(H,74,77,83)/t41-,44?,45?,46?,50+,56-,62+,69?/m0/s1. The van der Waals surface area contributed by atoms with Crippen molar-refractivity contribution in [2.45, 2.75) is 169 Å². The zero-order valence-corrected chi connectivity index (χ0v) is 53.2. The molecule has 7 aromatic rings. The average Bonchev–Trinajstić information content (AvgIpc) is 1.02. The van der Waals surface area contributed by atoms with Gasteiger partial charge in [-0.15, -0.1) is 11.3 Å². The lowest BCUT2D eigenvalue weighted by molar-refractivity contribution is -0.144. The number of rotatable bonds is 21. The van der Waals surface area contributed by atoms with Crippen molar-refractivity contribution < 1.29 is 29.1 Å². The third-order valence-electron chi connectivity index (χ3n) is 19.4. The second-order valence-electron chi connectivity index (χ2n) is 27.0. The highest BCUT2D eigenvalue weighted by molar-refractivity contribution is 7.22. The van der Waals surface area contributed by atoms with Gasteiger partial charge in [0.2, 0.25) is 17.7 Å². The summed E-state index contributed by atoms with van der Waals surface area (Å²) in [6.45, 7) is 14.1. The van der Waals surface area contributed by atoms with Crippen LogP contribution in [0, 0.1) is 42.4 Å². The molecule has 1 saturated heterocycles. The van der Waals surface area contributed by atoms with Crippen LogP contribution in [0.1, 0.15) is 166 Å². The number of nitrogens with one attached hydrogen (secondary N) is 4. The molecule has 6 aliphatic rings. The lowest BCUT2D eigenvalue weighted by Gasteiger charge is -2.56. The van der Waals surface area contributed by atoms with E-state index in [2.05, 4.69) is 53.8 Å². The van der Waals surface area contributed by atoms with Crippen molar-refractivity contribution in [2.24, 2.45) is 28.6 Å². The van der Waals surface area contributed by atoms with Crippen LogP contribution in [0.15, 0.2) is 90.6 Å². The summed E-state index contributed by atoms with van der Waals surface area (Å²) in [5.41, 5.74) is 10.9. The van der Waals surface area contributed by atoms with Gasteiger partial charge in [0, 0.05) is 67.9 Å². The second kappa shape index (κ2) is 25.6. The Kier molecular flexibility index (Phi) is 17.7. The van der Waals surface area contributed by atoms with E-state index < -0.39 is 29.5 Å². The summed E-state index contributed by atoms with van der Waals surface area (Å²) in [6, 6.07) is 23.6. The van der Waals surface area contributed by atoms with Crippen molar-refractivity contribution >= 4 is 73.4 Å². The minimum Gasteiger partial charge on any atom is -0.391 e. The van der Waals surface area contributed by atoms with Gasteiger partial charge in [-0.1, -0.05) is 99.9 Å². The number of aliphatic hydroxyl groups excluding tert-OH is 1. The smallest absolute Gasteiger partial charge is 0.270 e. The third kappa shape index (κ3) is 13.2. The van der Waals surface area contributed by atoms with Crippen LogP contribution in [0.2, 0.25) is 0 Å². The Morgan fingerprint density at radius 1 is 0.807 bits per heavy atom. The molecule has 13 rings (SSSR count). The van der Waals surface area contributed by atoms with E-state index in [1.807, 2.05) is 119 Å². The number of thiazole rings is 2. The SMILES string of the molecule is Cc1ncsc1-c1ccc([C@H](C)NC(=O)[C@@H]2C[C@@H](O)CN2C(=O)[C@@H](NC(=O)CCCCCCCNC(=O)c2nc(N3CCc4cccc(C(=O)Nc5nc6ccccc6s5)c4C3)ccc2-c2cnn(CC34CC5CC(CC(C5)C3)C4)c2C)C(C)(C)C)cc1. The Balaban J connectivity index is 0.658. The van der Waals surface area contributed by atoms with Crippen LogP contribution >= 0.6 is 22.7 Å². The van der Waals surface area contributed by atoms with Crippen LogP contribution in [0.25, 0.3) is 31.8 Å². The van der Waals surface area contributed by atoms with Crippen LogP contribution in [0.5, 0.6) is 0 Å². The van der Waals surface area contributed by atoms with Gasteiger partial charge in [-0.3, -0.25) is 34.0 Å². The van der Waals surface area contributed by atoms with Crippen molar-refractivity contribution in [3.05, 3.63) is 130 Å². The summed E-state index contributed by atoms with van der Waals surface area (Å²) in [7, 11) is 0. The highest BCUT2D eigenvalue weighted by atomic mass is 32.1. The van der Waals surface area contributed by atoms with Crippen molar-refractivity contribution in [2.75, 3.05) is 29.9 Å². The summed E-state index contributed by atoms with van der Waals surface area (Å²) in [4.78, 5) is 89.2. The van der Waals surface area contributed by atoms with E-state index in [1.165, 1.54) is 54.8 Å². The summed E-state index contributed by atoms with van der Waals surface area (Å²) in [5, 5.41) is 28.7. The van der Waals surface area contributed by atoms with Gasteiger partial charge in [0.05, 0.1) is 44.6 Å². The topological polar surface area (TPSA) is 217 Å². The number of carbonyl (C=O) groups excluding carboxylic acids is 5. The maximum Gasteiger partial charge on any atom is 0.270 e. The van der Waals surface area contributed by atoms with Gasteiger partial charge in [-0.25, -0.2) is 15.0 Å². The molecular formula is C69H83N11O6S2. The molecule has 5 amide bonds. The summed E-state index contributed by atoms with van der Waals surface area (Å²) in [6.07, 6.45) is 13.9. The molecule has 6 heterocycles. The van der Waals surface area contributed by atoms with Crippen LogP contribution in [-0.4, -0.2) is 102 Å². The number of hydrogen-bond acceptors (Lipinski definition) is 13. The Labute approximate surface area is 523 Å². The van der Waals surface area contributed by atoms with E-state index in [0.29, 0.717) is 54.7 Å². The van der Waals surface area contributed by atoms with Crippen LogP contribution in [0.4, 0.5) is 10.9 Å². The van der Waals surface area contributed by atoms with Crippen molar-refractivity contribution in [1.82, 2.24) is 45.6 Å². The Morgan fingerprint density at radius 2 is 1.55 bits per heavy atom. The first kappa shape index (κ1) is 60.9. The number of aliphatic hydroxyl groups is 1. The number of unbranched alkanes of at least 4 members (excludes halogenated alkanes) is 4. The lowest BCUT2D eigenvalue weighted by Crippen LogP contribution is -2.57. The maximum atomic E-state index is 14.6. The average molecular weight is 1230 g/mol. The lowest BCUT2D eigenvalue weighted by atomic mass is 9.49. The minimum atomic E-state index is -0.911. The first-order chi connectivity index (χ1) is 42.3. The molecule has 5 fully saturated rings. The Bertz CT molecular complexity index is 3660. The van der Waals surface area contributed by atoms with E-state index in [1.54, 1.807) is 11.3 Å². The number of para-hydroxylation sites is 1. The van der Waals surface area contributed by atoms with Gasteiger partial charge in [-0.2, -0.15) is 5.10 Å². The van der Waals surface area contributed by atoms with E-state index >= 15 is 0 Å². The third-order valence-corrected chi connectivity index (χ3v) is 21.4. The number of nitrogens with zero attached hydrogens (tertiary/aromatic N) is 7. The first-order valence-electron chi connectivity index (χ1n) is 31.8. The highest BCUT2D eigenvalue weighted by Crippen LogP contribution is 2.60. The predicted molar refractivity (Wildman–Crippen MR) is 346 cm³/mol. The van der Waals surface area contributed by atoms with Crippen LogP contribution < -0.4 is 26.2 Å². The fraction of sp³-hybridized carbons (Fsp3) is 0.493. The summed E-state index contributed by atoms with van der Waals surface area (Å²) < 4.78 is 3.20. The largest absolute Gasteiger partial charge is 0.391 e. The molecule has 17 nitrogen and oxygen atoms in total. The molecule has 3 aromatic carbocycles. The zero-order valence-electron chi connectivity index (χ0n) is 51.6. The summed E-state index contributed by atoms with van der Waals surface area (Å²) >= 11 is 3.03. The van der Waals surface area contributed by atoms with E-state index in [-0.39, 0.29) is 54.5 Å². The second-order valence-corrected chi connectivity index (χ2v) is 28.9. The van der Waals surface area contributed by atoms with E-state index in [9.17, 15) is 29.1 Å². The van der Waals surface area contributed by atoms with Gasteiger partial charge >= 0.3 is 0 Å². The van der Waals surface area contributed by atoms with Crippen molar-refractivity contribution in [3.63, 3.8) is 0 Å². The number of likely N-dealkylation sites (tertiary alicyclic amines) is 1. The number of carbonyl (C=O) groups is 5. The van der Waals surface area contributed by atoms with Crippen molar-refractivity contribution in [3.8, 4) is 21.6 Å². The Hall–Kier alpha value is -7.35. The number of aryl methyl sites for hydroxylation is 1. The van der Waals surface area contributed by atoms with Gasteiger partial charge in [0.15, 0.2) is 5.13 Å². The molecule has 0 unspecified atom stereocenters. The quantitative estimate of drug-likeness (QED) is 0.0427. The molecule has 4 atom stereocenters. The van der Waals surface area contributed by atoms with Crippen molar-refractivity contribution in [1.29, 1.82) is 0 Å². The number of aromatic nitrogens is 5. The number of pyridine rings is 1. The first-order valence-corrected chi connectivity index (χ1v) is 33.5. The molecular weight excluding hydrogens is 1140 g/mol. The fourth-order valence-corrected chi connectivity index (χ4v) is 16.9. The molecule has 4 saturated carbocycles. The Morgan fingerprint density at radius 3 is 2.27 bits per heavy atom. The van der Waals surface area contributed by atoms with Crippen LogP contribution in [0.3, 0.4) is 0 Å². The van der Waals surface area contributed by atoms with Gasteiger partial charge in [0.1, 0.15) is 23.6 Å². The number of benzene rings is 3. The van der Waals surface area contributed by atoms with Gasteiger partial charge in [0.25, 0.3) is 11.8 Å². The molecule has 0 spiro atoms. The van der Waals surface area contributed by atoms with Crippen LogP contribution in [-0.2, 0) is 33.9 Å². The molecule has 88 heavy (non-hydrogen) atoms. The molecule has 462 valence electrons.